The minimum Gasteiger partial charge on any atom is -0.443 e. The number of aromatic nitrogens is 3. The third-order valence-corrected chi connectivity index (χ3v) is 6.01. The third-order valence-electron chi connectivity index (χ3n) is 6.01. The number of fused-ring (bicyclic) bond motifs is 1. The average molecular weight is 412 g/mol. The number of carbonyl (C=O) groups excluding carboxylic acids is 1. The summed E-state index contributed by atoms with van der Waals surface area (Å²) < 4.78 is 7.61. The lowest BCUT2D eigenvalue weighted by atomic mass is 9.86. The van der Waals surface area contributed by atoms with Gasteiger partial charge in [-0.1, -0.05) is 54.6 Å². The summed E-state index contributed by atoms with van der Waals surface area (Å²) in [6.07, 6.45) is 8.00. The van der Waals surface area contributed by atoms with Gasteiger partial charge in [-0.05, 0) is 30.4 Å². The van der Waals surface area contributed by atoms with Crippen molar-refractivity contribution in [2.24, 2.45) is 7.05 Å². The van der Waals surface area contributed by atoms with E-state index in [4.69, 9.17) is 4.42 Å². The predicted molar refractivity (Wildman–Crippen MR) is 117 cm³/mol. The molecule has 4 aromatic rings. The van der Waals surface area contributed by atoms with E-state index in [2.05, 4.69) is 28.2 Å². The lowest BCUT2D eigenvalue weighted by molar-refractivity contribution is 0.0625. The smallest absolute Gasteiger partial charge is 0.277 e. The second-order valence-corrected chi connectivity index (χ2v) is 7.89. The Bertz CT molecular complexity index is 1190. The fourth-order valence-corrected chi connectivity index (χ4v) is 4.41. The first-order valence-electron chi connectivity index (χ1n) is 10.6. The zero-order valence-electron chi connectivity index (χ0n) is 17.4. The molecule has 0 fully saturated rings. The van der Waals surface area contributed by atoms with Crippen LogP contribution < -0.4 is 0 Å². The van der Waals surface area contributed by atoms with Crippen LogP contribution in [0.1, 0.15) is 46.3 Å². The number of rotatable bonds is 5. The van der Waals surface area contributed by atoms with Gasteiger partial charge in [0.25, 0.3) is 5.91 Å². The van der Waals surface area contributed by atoms with Gasteiger partial charge in [-0.25, -0.2) is 9.97 Å². The van der Waals surface area contributed by atoms with Gasteiger partial charge in [0.15, 0.2) is 17.8 Å². The molecule has 0 spiro atoms. The molecule has 6 nitrogen and oxygen atoms in total. The number of benzene rings is 2. The molecule has 6 heteroatoms. The number of carbonyl (C=O) groups is 1. The maximum absolute atomic E-state index is 13.9. The second kappa shape index (κ2) is 8.22. The van der Waals surface area contributed by atoms with Crippen LogP contribution in [-0.4, -0.2) is 25.3 Å². The number of imidazole rings is 1. The van der Waals surface area contributed by atoms with Crippen molar-refractivity contribution in [2.75, 3.05) is 0 Å². The van der Waals surface area contributed by atoms with Crippen LogP contribution in [0.2, 0.25) is 0 Å². The largest absolute Gasteiger partial charge is 0.443 e. The van der Waals surface area contributed by atoms with Gasteiger partial charge in [0.05, 0.1) is 12.6 Å². The van der Waals surface area contributed by atoms with E-state index in [9.17, 15) is 4.79 Å². The fraction of sp³-hybridized carbons (Fsp3) is 0.240. The summed E-state index contributed by atoms with van der Waals surface area (Å²) in [7, 11) is 1.95. The Labute approximate surface area is 181 Å². The molecule has 1 atom stereocenters. The molecule has 2 heterocycles. The molecule has 0 bridgehead atoms. The third kappa shape index (κ3) is 3.65. The number of hydrogen-bond donors (Lipinski definition) is 0. The van der Waals surface area contributed by atoms with Gasteiger partial charge in [-0.3, -0.25) is 4.79 Å². The Morgan fingerprint density at radius 2 is 1.94 bits per heavy atom. The van der Waals surface area contributed by atoms with E-state index in [1.165, 1.54) is 17.5 Å². The topological polar surface area (TPSA) is 64.2 Å². The van der Waals surface area contributed by atoms with Crippen molar-refractivity contribution < 1.29 is 9.21 Å². The molecule has 2 aromatic heterocycles. The Kier molecular flexibility index (Phi) is 5.12. The number of nitrogens with zero attached hydrogens (tertiary/aromatic N) is 4. The highest BCUT2D eigenvalue weighted by molar-refractivity contribution is 5.97. The van der Waals surface area contributed by atoms with Crippen molar-refractivity contribution in [1.82, 2.24) is 19.4 Å². The van der Waals surface area contributed by atoms with Crippen molar-refractivity contribution in [2.45, 2.75) is 31.8 Å². The number of amides is 1. The normalized spacial score (nSPS) is 15.5. The lowest BCUT2D eigenvalue weighted by Crippen LogP contribution is -2.37. The van der Waals surface area contributed by atoms with Crippen molar-refractivity contribution >= 4 is 5.91 Å². The van der Waals surface area contributed by atoms with Gasteiger partial charge < -0.3 is 13.9 Å². The van der Waals surface area contributed by atoms with Crippen LogP contribution in [0, 0.1) is 0 Å². The van der Waals surface area contributed by atoms with Crippen LogP contribution in [-0.2, 0) is 20.0 Å². The van der Waals surface area contributed by atoms with Crippen molar-refractivity contribution in [1.29, 1.82) is 0 Å². The van der Waals surface area contributed by atoms with E-state index in [0.717, 1.165) is 30.7 Å². The summed E-state index contributed by atoms with van der Waals surface area (Å²) in [4.78, 5) is 24.6. The Morgan fingerprint density at radius 3 is 2.74 bits per heavy atom. The first-order valence-corrected chi connectivity index (χ1v) is 10.6. The summed E-state index contributed by atoms with van der Waals surface area (Å²) >= 11 is 0. The summed E-state index contributed by atoms with van der Waals surface area (Å²) in [5, 5.41) is 0. The van der Waals surface area contributed by atoms with Gasteiger partial charge in [0.1, 0.15) is 5.82 Å². The van der Waals surface area contributed by atoms with E-state index in [1.54, 1.807) is 6.20 Å². The van der Waals surface area contributed by atoms with Crippen molar-refractivity contribution in [3.05, 3.63) is 96.0 Å². The first kappa shape index (κ1) is 19.3. The zero-order valence-corrected chi connectivity index (χ0v) is 17.4. The molecule has 0 saturated carbocycles. The molecule has 2 aromatic carbocycles. The lowest BCUT2D eigenvalue weighted by Gasteiger charge is -2.35. The first-order chi connectivity index (χ1) is 15.2. The monoisotopic (exact) mass is 412 g/mol. The molecule has 0 saturated heterocycles. The molecule has 31 heavy (non-hydrogen) atoms. The Morgan fingerprint density at radius 1 is 1.13 bits per heavy atom. The summed E-state index contributed by atoms with van der Waals surface area (Å²) in [5.41, 5.74) is 3.69. The van der Waals surface area contributed by atoms with Crippen molar-refractivity contribution in [3.63, 3.8) is 0 Å². The van der Waals surface area contributed by atoms with Crippen LogP contribution in [0.15, 0.2) is 77.8 Å². The molecule has 0 radical (unpaired) electrons. The molecule has 1 unspecified atom stereocenters. The highest BCUT2D eigenvalue weighted by atomic mass is 16.3. The van der Waals surface area contributed by atoms with E-state index >= 15 is 0 Å². The maximum Gasteiger partial charge on any atom is 0.277 e. The number of aryl methyl sites for hydroxylation is 2. The average Bonchev–Trinajstić information content (AvgIpc) is 3.46. The molecule has 1 aliphatic carbocycles. The fourth-order valence-electron chi connectivity index (χ4n) is 4.41. The minimum atomic E-state index is -0.141. The zero-order chi connectivity index (χ0) is 21.2. The Hall–Kier alpha value is -3.67. The molecule has 1 aliphatic rings. The molecule has 0 N–H and O–H groups in total. The highest BCUT2D eigenvalue weighted by Gasteiger charge is 2.33. The van der Waals surface area contributed by atoms with Gasteiger partial charge in [-0.15, -0.1) is 0 Å². The molecule has 1 amide bonds. The van der Waals surface area contributed by atoms with Crippen LogP contribution in [0.4, 0.5) is 0 Å². The highest BCUT2D eigenvalue weighted by Crippen LogP contribution is 2.36. The number of oxazole rings is 1. The van der Waals surface area contributed by atoms with Gasteiger partial charge >= 0.3 is 0 Å². The maximum atomic E-state index is 13.9. The minimum absolute atomic E-state index is 0.0329. The van der Waals surface area contributed by atoms with Gasteiger partial charge in [0, 0.05) is 25.0 Å². The summed E-state index contributed by atoms with van der Waals surface area (Å²) in [5.74, 6) is 1.19. The predicted octanol–water partition coefficient (Wildman–Crippen LogP) is 4.80. The molecule has 156 valence electrons. The SMILES string of the molecule is Cn1ccnc1CN(C(=O)c1ncoc1-c1ccccc1)C1CCCc2ccccc21. The van der Waals surface area contributed by atoms with Gasteiger partial charge in [-0.2, -0.15) is 0 Å². The second-order valence-electron chi connectivity index (χ2n) is 7.89. The van der Waals surface area contributed by atoms with E-state index in [0.29, 0.717) is 18.0 Å². The van der Waals surface area contributed by atoms with E-state index < -0.39 is 0 Å². The molecular formula is C25H24N4O2. The summed E-state index contributed by atoms with van der Waals surface area (Å²) in [6.45, 7) is 0.405. The number of hydrogen-bond acceptors (Lipinski definition) is 4. The molecule has 5 rings (SSSR count). The van der Waals surface area contributed by atoms with E-state index in [-0.39, 0.29) is 11.9 Å². The van der Waals surface area contributed by atoms with Crippen LogP contribution in [0.25, 0.3) is 11.3 Å². The standard InChI is InChI=1S/C25H24N4O2/c1-28-15-14-26-22(28)16-29(21-13-7-11-18-8-5-6-12-20(18)21)25(30)23-24(31-17-27-23)19-9-3-2-4-10-19/h2-6,8-10,12,14-15,17,21H,7,11,13,16H2,1H3. The molecular weight excluding hydrogens is 388 g/mol. The summed E-state index contributed by atoms with van der Waals surface area (Å²) in [6, 6.07) is 18.0. The quantitative estimate of drug-likeness (QED) is 0.473. The molecule has 0 aliphatic heterocycles. The van der Waals surface area contributed by atoms with Crippen molar-refractivity contribution in [3.8, 4) is 11.3 Å². The Balaban J connectivity index is 1.57. The van der Waals surface area contributed by atoms with E-state index in [1.807, 2.05) is 59.1 Å². The van der Waals surface area contributed by atoms with Crippen LogP contribution >= 0.6 is 0 Å². The van der Waals surface area contributed by atoms with Gasteiger partial charge in [0.2, 0.25) is 0 Å². The van der Waals surface area contributed by atoms with Crippen LogP contribution in [0.5, 0.6) is 0 Å². The van der Waals surface area contributed by atoms with Crippen LogP contribution in [0.3, 0.4) is 0 Å².